The second kappa shape index (κ2) is 6.32. The fourth-order valence-electron chi connectivity index (χ4n) is 3.84. The number of hydrogen-bond acceptors (Lipinski definition) is 4. The van der Waals surface area contributed by atoms with Gasteiger partial charge in [0.25, 0.3) is 0 Å². The van der Waals surface area contributed by atoms with Crippen LogP contribution in [0.2, 0.25) is 0 Å². The summed E-state index contributed by atoms with van der Waals surface area (Å²) in [6, 6.07) is 6.53. The predicted octanol–water partition coefficient (Wildman–Crippen LogP) is 2.08. The lowest BCUT2D eigenvalue weighted by Gasteiger charge is -2.36. The number of piperidine rings is 1. The van der Waals surface area contributed by atoms with Crippen molar-refractivity contribution in [1.29, 1.82) is 0 Å². The van der Waals surface area contributed by atoms with Crippen LogP contribution in [-0.2, 0) is 14.3 Å². The second-order valence-corrected chi connectivity index (χ2v) is 6.63. The lowest BCUT2D eigenvalue weighted by atomic mass is 9.89. The number of likely N-dealkylation sites (N-methyl/N-ethyl adjacent to an activating group) is 1. The highest BCUT2D eigenvalue weighted by atomic mass is 16.5. The van der Waals surface area contributed by atoms with Crippen molar-refractivity contribution in [3.8, 4) is 0 Å². The highest BCUT2D eigenvalue weighted by Gasteiger charge is 2.43. The summed E-state index contributed by atoms with van der Waals surface area (Å²) in [6.07, 6.45) is 1.32. The van der Waals surface area contributed by atoms with Gasteiger partial charge in [0.15, 0.2) is 0 Å². The number of rotatable bonds is 3. The van der Waals surface area contributed by atoms with Crippen molar-refractivity contribution >= 4 is 17.6 Å². The van der Waals surface area contributed by atoms with Crippen LogP contribution in [0.3, 0.4) is 0 Å². The van der Waals surface area contributed by atoms with Crippen molar-refractivity contribution in [3.05, 3.63) is 29.3 Å². The Bertz CT molecular complexity index is 629. The van der Waals surface area contributed by atoms with E-state index in [9.17, 15) is 9.59 Å². The van der Waals surface area contributed by atoms with Gasteiger partial charge < -0.3 is 14.5 Å². The summed E-state index contributed by atoms with van der Waals surface area (Å²) in [4.78, 5) is 28.4. The molecule has 1 amide bonds. The van der Waals surface area contributed by atoms with E-state index >= 15 is 0 Å². The number of nitrogens with zero attached hydrogens (tertiary/aromatic N) is 2. The van der Waals surface area contributed by atoms with E-state index in [2.05, 4.69) is 41.8 Å². The SMILES string of the molecule is COC(=O)CCC(=O)N1c2ccc(C)cc2[C@@H]2CN(C)CC[C@H]21. The Morgan fingerprint density at radius 3 is 2.83 bits per heavy atom. The average Bonchev–Trinajstić information content (AvgIpc) is 2.85. The summed E-state index contributed by atoms with van der Waals surface area (Å²) in [5.74, 6) is 0.0601. The van der Waals surface area contributed by atoms with Crippen molar-refractivity contribution in [2.45, 2.75) is 38.1 Å². The van der Waals surface area contributed by atoms with E-state index in [0.717, 1.165) is 25.2 Å². The zero-order valence-corrected chi connectivity index (χ0v) is 14.0. The molecule has 0 radical (unpaired) electrons. The van der Waals surface area contributed by atoms with Crippen molar-refractivity contribution in [3.63, 3.8) is 0 Å². The van der Waals surface area contributed by atoms with Gasteiger partial charge in [0.2, 0.25) is 5.91 Å². The fourth-order valence-corrected chi connectivity index (χ4v) is 3.84. The molecule has 0 unspecified atom stereocenters. The van der Waals surface area contributed by atoms with E-state index in [1.807, 2.05) is 4.90 Å². The molecule has 0 aliphatic carbocycles. The Morgan fingerprint density at radius 1 is 1.30 bits per heavy atom. The Hall–Kier alpha value is -1.88. The summed E-state index contributed by atoms with van der Waals surface area (Å²) in [6.45, 7) is 4.06. The second-order valence-electron chi connectivity index (χ2n) is 6.63. The van der Waals surface area contributed by atoms with Gasteiger partial charge in [0, 0.05) is 30.6 Å². The Morgan fingerprint density at radius 2 is 2.09 bits per heavy atom. The molecule has 2 heterocycles. The summed E-state index contributed by atoms with van der Waals surface area (Å²) >= 11 is 0. The molecule has 0 spiro atoms. The van der Waals surface area contributed by atoms with Gasteiger partial charge in [-0.15, -0.1) is 0 Å². The molecule has 1 saturated heterocycles. The van der Waals surface area contributed by atoms with Crippen LogP contribution in [-0.4, -0.2) is 50.1 Å². The summed E-state index contributed by atoms with van der Waals surface area (Å²) < 4.78 is 4.65. The van der Waals surface area contributed by atoms with Gasteiger partial charge in [-0.05, 0) is 38.6 Å². The summed E-state index contributed by atoms with van der Waals surface area (Å²) in [5.41, 5.74) is 3.52. The predicted molar refractivity (Wildman–Crippen MR) is 88.6 cm³/mol. The summed E-state index contributed by atoms with van der Waals surface area (Å²) in [5, 5.41) is 0. The Balaban J connectivity index is 1.88. The van der Waals surface area contributed by atoms with Gasteiger partial charge in [0.1, 0.15) is 0 Å². The van der Waals surface area contributed by atoms with Crippen LogP contribution in [0, 0.1) is 6.92 Å². The lowest BCUT2D eigenvalue weighted by Crippen LogP contribution is -2.47. The van der Waals surface area contributed by atoms with Crippen molar-refractivity contribution < 1.29 is 14.3 Å². The normalized spacial score (nSPS) is 23.3. The highest BCUT2D eigenvalue weighted by molar-refractivity contribution is 5.98. The number of esters is 1. The number of hydrogen-bond donors (Lipinski definition) is 0. The molecule has 0 N–H and O–H groups in total. The molecule has 2 aliphatic rings. The fraction of sp³-hybridized carbons (Fsp3) is 0.556. The van der Waals surface area contributed by atoms with Crippen LogP contribution >= 0.6 is 0 Å². The minimum atomic E-state index is -0.332. The summed E-state index contributed by atoms with van der Waals surface area (Å²) in [7, 11) is 3.49. The van der Waals surface area contributed by atoms with Gasteiger partial charge in [-0.1, -0.05) is 17.7 Å². The largest absolute Gasteiger partial charge is 0.469 e. The quantitative estimate of drug-likeness (QED) is 0.801. The van der Waals surface area contributed by atoms with Crippen molar-refractivity contribution in [2.75, 3.05) is 32.1 Å². The number of carbonyl (C=O) groups excluding carboxylic acids is 2. The van der Waals surface area contributed by atoms with E-state index in [1.165, 1.54) is 18.2 Å². The monoisotopic (exact) mass is 316 g/mol. The van der Waals surface area contributed by atoms with Gasteiger partial charge in [-0.3, -0.25) is 9.59 Å². The zero-order chi connectivity index (χ0) is 16.6. The minimum Gasteiger partial charge on any atom is -0.469 e. The molecule has 0 aromatic heterocycles. The van der Waals surface area contributed by atoms with Crippen molar-refractivity contribution in [2.24, 2.45) is 0 Å². The van der Waals surface area contributed by atoms with Gasteiger partial charge in [-0.25, -0.2) is 0 Å². The first-order valence-electron chi connectivity index (χ1n) is 8.19. The molecule has 23 heavy (non-hydrogen) atoms. The number of ether oxygens (including phenoxy) is 1. The zero-order valence-electron chi connectivity index (χ0n) is 14.0. The smallest absolute Gasteiger partial charge is 0.306 e. The van der Waals surface area contributed by atoms with Gasteiger partial charge in [0.05, 0.1) is 13.5 Å². The highest BCUT2D eigenvalue weighted by Crippen LogP contribution is 2.45. The molecule has 1 fully saturated rings. The number of aryl methyl sites for hydroxylation is 1. The number of likely N-dealkylation sites (tertiary alicyclic amines) is 1. The molecule has 1 aromatic carbocycles. The molecular weight excluding hydrogens is 292 g/mol. The number of methoxy groups -OCH3 is 1. The topological polar surface area (TPSA) is 49.9 Å². The van der Waals surface area contributed by atoms with E-state index < -0.39 is 0 Å². The number of carbonyl (C=O) groups is 2. The molecule has 3 rings (SSSR count). The maximum absolute atomic E-state index is 12.8. The van der Waals surface area contributed by atoms with Gasteiger partial charge >= 0.3 is 5.97 Å². The Kier molecular flexibility index (Phi) is 4.39. The molecule has 0 bridgehead atoms. The maximum Gasteiger partial charge on any atom is 0.306 e. The third-order valence-electron chi connectivity index (χ3n) is 4.99. The lowest BCUT2D eigenvalue weighted by molar-refractivity contribution is -0.141. The minimum absolute atomic E-state index is 0.0255. The van der Waals surface area contributed by atoms with Crippen molar-refractivity contribution in [1.82, 2.24) is 4.90 Å². The van der Waals surface area contributed by atoms with Crippen LogP contribution in [0.25, 0.3) is 0 Å². The molecular formula is C18H24N2O3. The first-order valence-corrected chi connectivity index (χ1v) is 8.19. The first-order chi connectivity index (χ1) is 11.0. The number of benzene rings is 1. The van der Waals surface area contributed by atoms with Crippen LogP contribution in [0.15, 0.2) is 18.2 Å². The standard InChI is InChI=1S/C18H24N2O3/c1-12-4-5-15-13(10-12)14-11-19(2)9-8-16(14)20(15)17(21)6-7-18(22)23-3/h4-5,10,14,16H,6-9,11H2,1-3H3/t14-,16+/m0/s1. The van der Waals surface area contributed by atoms with Gasteiger partial charge in [-0.2, -0.15) is 0 Å². The van der Waals surface area contributed by atoms with E-state index in [4.69, 9.17) is 0 Å². The maximum atomic E-state index is 12.8. The molecule has 5 heteroatoms. The molecule has 5 nitrogen and oxygen atoms in total. The Labute approximate surface area is 137 Å². The van der Waals surface area contributed by atoms with Crippen LogP contribution in [0.4, 0.5) is 5.69 Å². The average molecular weight is 316 g/mol. The molecule has 2 atom stereocenters. The third kappa shape index (κ3) is 2.98. The van der Waals surface area contributed by atoms with Crippen LogP contribution in [0.1, 0.15) is 36.3 Å². The number of amides is 1. The van der Waals surface area contributed by atoms with Crippen LogP contribution in [0.5, 0.6) is 0 Å². The number of fused-ring (bicyclic) bond motifs is 3. The third-order valence-corrected chi connectivity index (χ3v) is 4.99. The molecule has 2 aliphatic heterocycles. The molecule has 1 aromatic rings. The van der Waals surface area contributed by atoms with E-state index in [-0.39, 0.29) is 30.8 Å². The number of anilines is 1. The first kappa shape index (κ1) is 16.0. The molecule has 124 valence electrons. The van der Waals surface area contributed by atoms with E-state index in [1.54, 1.807) is 0 Å². The van der Waals surface area contributed by atoms with E-state index in [0.29, 0.717) is 5.92 Å². The molecule has 0 saturated carbocycles. The van der Waals surface area contributed by atoms with Crippen LogP contribution < -0.4 is 4.90 Å².